The number of nitrogens with one attached hydrogen (secondary N) is 2. The van der Waals surface area contributed by atoms with Crippen molar-refractivity contribution in [3.63, 3.8) is 0 Å². The van der Waals surface area contributed by atoms with Gasteiger partial charge in [0.25, 0.3) is 0 Å². The lowest BCUT2D eigenvalue weighted by molar-refractivity contribution is 0.503. The van der Waals surface area contributed by atoms with Crippen LogP contribution in [0.5, 0.6) is 0 Å². The molecule has 0 fully saturated rings. The molecule has 7 heteroatoms. The summed E-state index contributed by atoms with van der Waals surface area (Å²) < 4.78 is 2.20. The summed E-state index contributed by atoms with van der Waals surface area (Å²) in [5.74, 6) is 3.74. The van der Waals surface area contributed by atoms with Gasteiger partial charge in [-0.3, -0.25) is 4.99 Å². The maximum Gasteiger partial charge on any atom is 0.191 e. The lowest BCUT2D eigenvalue weighted by Crippen LogP contribution is -2.38. The first-order valence-electron chi connectivity index (χ1n) is 7.60. The van der Waals surface area contributed by atoms with Crippen LogP contribution in [0.25, 0.3) is 0 Å². The monoisotopic (exact) mass is 439 g/mol. The summed E-state index contributed by atoms with van der Waals surface area (Å²) in [7, 11) is 1.80. The van der Waals surface area contributed by atoms with E-state index in [1.165, 1.54) is 18.6 Å². The van der Waals surface area contributed by atoms with Gasteiger partial charge in [0.15, 0.2) is 5.96 Å². The van der Waals surface area contributed by atoms with Gasteiger partial charge in [-0.1, -0.05) is 13.8 Å². The second-order valence-corrected chi connectivity index (χ2v) is 6.43. The Hall–Kier alpha value is -0.440. The highest BCUT2D eigenvalue weighted by atomic mass is 127. The fourth-order valence-electron chi connectivity index (χ4n) is 2.03. The van der Waals surface area contributed by atoms with Crippen LogP contribution in [0.1, 0.15) is 32.5 Å². The van der Waals surface area contributed by atoms with Crippen LogP contribution in [-0.4, -0.2) is 41.1 Å². The molecule has 0 bridgehead atoms. The first-order chi connectivity index (χ1) is 10.2. The molecule has 1 aromatic heterocycles. The smallest absolute Gasteiger partial charge is 0.191 e. The zero-order chi connectivity index (χ0) is 15.5. The number of rotatable bonds is 9. The molecule has 128 valence electrons. The molecule has 0 spiro atoms. The molecular weight excluding hydrogens is 409 g/mol. The maximum atomic E-state index is 4.41. The topological polar surface area (TPSA) is 54.2 Å². The molecule has 0 amide bonds. The number of imidazole rings is 1. The SMILES string of the molecule is CN=C(NCCCCSC)NCc1nccn1CC(C)C.I. The van der Waals surface area contributed by atoms with Crippen molar-refractivity contribution in [3.8, 4) is 0 Å². The minimum Gasteiger partial charge on any atom is -0.356 e. The Morgan fingerprint density at radius 2 is 2.14 bits per heavy atom. The second kappa shape index (κ2) is 13.0. The van der Waals surface area contributed by atoms with Crippen LogP contribution in [0, 0.1) is 5.92 Å². The highest BCUT2D eigenvalue weighted by molar-refractivity contribution is 14.0. The first kappa shape index (κ1) is 21.6. The summed E-state index contributed by atoms with van der Waals surface area (Å²) in [5, 5.41) is 6.67. The van der Waals surface area contributed by atoms with Gasteiger partial charge in [0.2, 0.25) is 0 Å². The van der Waals surface area contributed by atoms with E-state index in [4.69, 9.17) is 0 Å². The maximum absolute atomic E-state index is 4.41. The Labute approximate surface area is 156 Å². The van der Waals surface area contributed by atoms with Crippen LogP contribution in [0.3, 0.4) is 0 Å². The first-order valence-corrected chi connectivity index (χ1v) is 9.00. The van der Waals surface area contributed by atoms with Crippen molar-refractivity contribution in [1.29, 1.82) is 0 Å². The lowest BCUT2D eigenvalue weighted by atomic mass is 10.2. The van der Waals surface area contributed by atoms with Gasteiger partial charge in [-0.05, 0) is 30.8 Å². The van der Waals surface area contributed by atoms with Crippen LogP contribution in [-0.2, 0) is 13.1 Å². The van der Waals surface area contributed by atoms with Crippen LogP contribution in [0.15, 0.2) is 17.4 Å². The molecule has 0 aliphatic rings. The van der Waals surface area contributed by atoms with Gasteiger partial charge in [0, 0.05) is 32.5 Å². The van der Waals surface area contributed by atoms with E-state index in [2.05, 4.69) is 45.3 Å². The number of guanidine groups is 1. The molecule has 0 aliphatic heterocycles. The van der Waals surface area contributed by atoms with E-state index in [1.807, 2.05) is 24.2 Å². The van der Waals surface area contributed by atoms with Crippen molar-refractivity contribution in [2.75, 3.05) is 25.6 Å². The van der Waals surface area contributed by atoms with E-state index in [-0.39, 0.29) is 24.0 Å². The number of hydrogen-bond donors (Lipinski definition) is 2. The summed E-state index contributed by atoms with van der Waals surface area (Å²) in [5.41, 5.74) is 0. The van der Waals surface area contributed by atoms with Crippen molar-refractivity contribution < 1.29 is 0 Å². The number of halogens is 1. The normalized spacial score (nSPS) is 11.4. The zero-order valence-electron chi connectivity index (χ0n) is 14.1. The molecule has 0 aliphatic carbocycles. The third-order valence-corrected chi connectivity index (χ3v) is 3.77. The zero-order valence-corrected chi connectivity index (χ0v) is 17.3. The number of aliphatic imine (C=N–C) groups is 1. The molecule has 0 unspecified atom stereocenters. The van der Waals surface area contributed by atoms with Crippen LogP contribution in [0.2, 0.25) is 0 Å². The highest BCUT2D eigenvalue weighted by Crippen LogP contribution is 2.03. The summed E-state index contributed by atoms with van der Waals surface area (Å²) >= 11 is 1.90. The Kier molecular flexibility index (Phi) is 12.8. The summed E-state index contributed by atoms with van der Waals surface area (Å²) in [6, 6.07) is 0. The molecule has 2 N–H and O–H groups in total. The second-order valence-electron chi connectivity index (χ2n) is 5.44. The Morgan fingerprint density at radius 1 is 1.36 bits per heavy atom. The number of hydrogen-bond acceptors (Lipinski definition) is 3. The van der Waals surface area contributed by atoms with Crippen molar-refractivity contribution in [2.24, 2.45) is 10.9 Å². The lowest BCUT2D eigenvalue weighted by Gasteiger charge is -2.14. The fourth-order valence-corrected chi connectivity index (χ4v) is 2.52. The molecule has 22 heavy (non-hydrogen) atoms. The van der Waals surface area contributed by atoms with Crippen molar-refractivity contribution in [2.45, 2.75) is 39.8 Å². The number of nitrogens with zero attached hydrogens (tertiary/aromatic N) is 3. The van der Waals surface area contributed by atoms with E-state index in [0.717, 1.165) is 24.9 Å². The molecular formula is C15H30IN5S. The van der Waals surface area contributed by atoms with Gasteiger partial charge in [-0.25, -0.2) is 4.98 Å². The standard InChI is InChI=1S/C15H29N5S.HI/c1-13(2)12-20-9-8-17-14(20)11-19-15(16-3)18-7-5-6-10-21-4;/h8-9,13H,5-7,10-12H2,1-4H3,(H2,16,18,19);1H. The third-order valence-electron chi connectivity index (χ3n) is 3.07. The molecule has 0 saturated carbocycles. The molecule has 0 aromatic carbocycles. The fraction of sp³-hybridized carbons (Fsp3) is 0.733. The minimum absolute atomic E-state index is 0. The summed E-state index contributed by atoms with van der Waals surface area (Å²) in [4.78, 5) is 8.66. The van der Waals surface area contributed by atoms with Gasteiger partial charge in [0.05, 0.1) is 6.54 Å². The van der Waals surface area contributed by atoms with Crippen LogP contribution in [0.4, 0.5) is 0 Å². The van der Waals surface area contributed by atoms with Crippen LogP contribution < -0.4 is 10.6 Å². The molecule has 1 heterocycles. The van der Waals surface area contributed by atoms with E-state index < -0.39 is 0 Å². The quantitative estimate of drug-likeness (QED) is 0.269. The highest BCUT2D eigenvalue weighted by Gasteiger charge is 2.05. The predicted octanol–water partition coefficient (Wildman–Crippen LogP) is 2.97. The third kappa shape index (κ3) is 8.87. The van der Waals surface area contributed by atoms with Gasteiger partial charge in [-0.15, -0.1) is 24.0 Å². The van der Waals surface area contributed by atoms with Crippen molar-refractivity contribution in [3.05, 3.63) is 18.2 Å². The number of unbranched alkanes of at least 4 members (excludes halogenated alkanes) is 1. The largest absolute Gasteiger partial charge is 0.356 e. The average molecular weight is 439 g/mol. The predicted molar refractivity (Wildman–Crippen MR) is 108 cm³/mol. The van der Waals surface area contributed by atoms with Gasteiger partial charge in [0.1, 0.15) is 5.82 Å². The molecule has 0 atom stereocenters. The molecule has 5 nitrogen and oxygen atoms in total. The molecule has 1 rings (SSSR count). The van der Waals surface area contributed by atoms with Crippen LogP contribution >= 0.6 is 35.7 Å². The number of thioether (sulfide) groups is 1. The Morgan fingerprint density at radius 3 is 2.77 bits per heavy atom. The van der Waals surface area contributed by atoms with Gasteiger partial charge in [-0.2, -0.15) is 11.8 Å². The van der Waals surface area contributed by atoms with E-state index in [0.29, 0.717) is 12.5 Å². The Bertz CT molecular complexity index is 420. The van der Waals surface area contributed by atoms with E-state index >= 15 is 0 Å². The van der Waals surface area contributed by atoms with E-state index in [1.54, 1.807) is 7.05 Å². The molecule has 0 radical (unpaired) electrons. The number of aromatic nitrogens is 2. The average Bonchev–Trinajstić information content (AvgIpc) is 2.88. The van der Waals surface area contributed by atoms with E-state index in [9.17, 15) is 0 Å². The molecule has 1 aromatic rings. The Balaban J connectivity index is 0.00000441. The van der Waals surface area contributed by atoms with Crippen molar-refractivity contribution >= 4 is 41.7 Å². The minimum atomic E-state index is 0. The summed E-state index contributed by atoms with van der Waals surface area (Å²) in [6.45, 7) is 7.08. The van der Waals surface area contributed by atoms with Gasteiger partial charge < -0.3 is 15.2 Å². The molecule has 0 saturated heterocycles. The summed E-state index contributed by atoms with van der Waals surface area (Å²) in [6.07, 6.45) is 8.45. The van der Waals surface area contributed by atoms with Crippen molar-refractivity contribution in [1.82, 2.24) is 20.2 Å². The van der Waals surface area contributed by atoms with Gasteiger partial charge >= 0.3 is 0 Å².